The Labute approximate surface area is 148 Å². The quantitative estimate of drug-likeness (QED) is 0.614. The lowest BCUT2D eigenvalue weighted by molar-refractivity contribution is -0.189. The Morgan fingerprint density at radius 2 is 1.52 bits per heavy atom. The van der Waals surface area contributed by atoms with Crippen molar-refractivity contribution >= 4 is 11.9 Å². The van der Waals surface area contributed by atoms with Crippen LogP contribution >= 0.6 is 0 Å². The highest BCUT2D eigenvalue weighted by Gasteiger charge is 2.52. The number of benzene rings is 2. The standard InChI is InChI=1S/C21H23NO3/c1-14(2)21(24)25-19-18(17-12-8-5-9-13-17)22(20(19)23)15(3)16-10-6-4-7-11-16/h4-15,18-19H,1-3H3/t15-,18?,19?/m0/s1. The average Bonchev–Trinajstić information content (AvgIpc) is 2.64. The zero-order valence-corrected chi connectivity index (χ0v) is 14.8. The fourth-order valence-electron chi connectivity index (χ4n) is 3.17. The first kappa shape index (κ1) is 17.2. The van der Waals surface area contributed by atoms with E-state index in [9.17, 15) is 9.59 Å². The molecule has 1 amide bonds. The third-order valence-corrected chi connectivity index (χ3v) is 4.64. The van der Waals surface area contributed by atoms with Crippen molar-refractivity contribution in [1.29, 1.82) is 0 Å². The van der Waals surface area contributed by atoms with Gasteiger partial charge in [-0.15, -0.1) is 0 Å². The van der Waals surface area contributed by atoms with Crippen molar-refractivity contribution in [2.45, 2.75) is 39.0 Å². The Kier molecular flexibility index (Phi) is 4.88. The first-order valence-corrected chi connectivity index (χ1v) is 8.63. The van der Waals surface area contributed by atoms with Crippen LogP contribution in [0.4, 0.5) is 0 Å². The number of amides is 1. The predicted molar refractivity (Wildman–Crippen MR) is 95.6 cm³/mol. The van der Waals surface area contributed by atoms with E-state index >= 15 is 0 Å². The molecule has 1 aliphatic rings. The molecule has 4 nitrogen and oxygen atoms in total. The zero-order valence-electron chi connectivity index (χ0n) is 14.8. The molecule has 25 heavy (non-hydrogen) atoms. The number of esters is 1. The number of ether oxygens (including phenoxy) is 1. The molecule has 2 aromatic rings. The van der Waals surface area contributed by atoms with E-state index in [-0.39, 0.29) is 29.9 Å². The van der Waals surface area contributed by atoms with Crippen molar-refractivity contribution < 1.29 is 14.3 Å². The summed E-state index contributed by atoms with van der Waals surface area (Å²) in [5.74, 6) is -0.740. The summed E-state index contributed by atoms with van der Waals surface area (Å²) in [7, 11) is 0. The first-order chi connectivity index (χ1) is 12.0. The summed E-state index contributed by atoms with van der Waals surface area (Å²) in [6.45, 7) is 5.55. The molecular formula is C21H23NO3. The number of rotatable bonds is 5. The maximum Gasteiger partial charge on any atom is 0.309 e. The molecule has 1 aliphatic heterocycles. The second-order valence-electron chi connectivity index (χ2n) is 6.70. The van der Waals surface area contributed by atoms with Crippen molar-refractivity contribution in [3.8, 4) is 0 Å². The SMILES string of the molecule is CC(C)C(=O)OC1C(=O)N([C@@H](C)c2ccccc2)C1c1ccccc1. The molecule has 0 aromatic heterocycles. The van der Waals surface area contributed by atoms with Crippen molar-refractivity contribution in [3.63, 3.8) is 0 Å². The molecule has 3 rings (SSSR count). The van der Waals surface area contributed by atoms with Gasteiger partial charge in [-0.3, -0.25) is 9.59 Å². The van der Waals surface area contributed by atoms with Crippen LogP contribution in [0.1, 0.15) is 44.0 Å². The summed E-state index contributed by atoms with van der Waals surface area (Å²) in [5, 5.41) is 0. The molecule has 0 radical (unpaired) electrons. The summed E-state index contributed by atoms with van der Waals surface area (Å²) in [6, 6.07) is 19.3. The Hall–Kier alpha value is -2.62. The highest BCUT2D eigenvalue weighted by atomic mass is 16.6. The molecule has 0 N–H and O–H groups in total. The molecule has 1 saturated heterocycles. The Bertz CT molecular complexity index is 742. The number of hydrogen-bond acceptors (Lipinski definition) is 3. The van der Waals surface area contributed by atoms with Crippen LogP contribution < -0.4 is 0 Å². The van der Waals surface area contributed by atoms with Gasteiger partial charge in [0.15, 0.2) is 0 Å². The van der Waals surface area contributed by atoms with Crippen molar-refractivity contribution in [2.75, 3.05) is 0 Å². The smallest absolute Gasteiger partial charge is 0.309 e. The maximum absolute atomic E-state index is 12.8. The lowest BCUT2D eigenvalue weighted by Crippen LogP contribution is -2.61. The van der Waals surface area contributed by atoms with Crippen LogP contribution in [0.2, 0.25) is 0 Å². The van der Waals surface area contributed by atoms with Gasteiger partial charge in [-0.1, -0.05) is 74.5 Å². The van der Waals surface area contributed by atoms with E-state index in [0.717, 1.165) is 11.1 Å². The summed E-state index contributed by atoms with van der Waals surface area (Å²) < 4.78 is 5.51. The minimum Gasteiger partial charge on any atom is -0.449 e. The third kappa shape index (κ3) is 3.29. The second-order valence-corrected chi connectivity index (χ2v) is 6.70. The molecule has 2 unspecified atom stereocenters. The Balaban J connectivity index is 1.90. The molecule has 2 aromatic carbocycles. The molecule has 3 atom stereocenters. The monoisotopic (exact) mass is 337 g/mol. The molecule has 0 spiro atoms. The molecule has 130 valence electrons. The first-order valence-electron chi connectivity index (χ1n) is 8.63. The fraction of sp³-hybridized carbons (Fsp3) is 0.333. The van der Waals surface area contributed by atoms with E-state index in [1.165, 1.54) is 0 Å². The van der Waals surface area contributed by atoms with Gasteiger partial charge in [0.2, 0.25) is 6.10 Å². The van der Waals surface area contributed by atoms with E-state index in [0.29, 0.717) is 0 Å². The van der Waals surface area contributed by atoms with Crippen LogP contribution in [0.15, 0.2) is 60.7 Å². The number of likely N-dealkylation sites (tertiary alicyclic amines) is 1. The number of nitrogens with zero attached hydrogens (tertiary/aromatic N) is 1. The van der Waals surface area contributed by atoms with E-state index < -0.39 is 6.10 Å². The number of carbonyl (C=O) groups is 2. The summed E-state index contributed by atoms with van der Waals surface area (Å²) >= 11 is 0. The van der Waals surface area contributed by atoms with Gasteiger partial charge in [0, 0.05) is 0 Å². The van der Waals surface area contributed by atoms with Crippen LogP contribution in [-0.2, 0) is 14.3 Å². The van der Waals surface area contributed by atoms with Crippen LogP contribution in [0.3, 0.4) is 0 Å². The minimum absolute atomic E-state index is 0.0899. The fourth-order valence-corrected chi connectivity index (χ4v) is 3.17. The molecule has 1 fully saturated rings. The average molecular weight is 337 g/mol. The summed E-state index contributed by atoms with van der Waals surface area (Å²) in [5.41, 5.74) is 2.04. The van der Waals surface area contributed by atoms with Gasteiger partial charge in [-0.25, -0.2) is 0 Å². The molecule has 0 bridgehead atoms. The third-order valence-electron chi connectivity index (χ3n) is 4.64. The predicted octanol–water partition coefficient (Wildman–Crippen LogP) is 3.90. The van der Waals surface area contributed by atoms with Gasteiger partial charge in [0.1, 0.15) is 6.04 Å². The van der Waals surface area contributed by atoms with Gasteiger partial charge in [-0.05, 0) is 18.1 Å². The van der Waals surface area contributed by atoms with Gasteiger partial charge >= 0.3 is 5.97 Å². The van der Waals surface area contributed by atoms with Crippen molar-refractivity contribution in [1.82, 2.24) is 4.90 Å². The van der Waals surface area contributed by atoms with Gasteiger partial charge in [0.05, 0.1) is 12.0 Å². The highest BCUT2D eigenvalue weighted by molar-refractivity contribution is 5.91. The molecule has 0 aliphatic carbocycles. The van der Waals surface area contributed by atoms with Crippen LogP contribution in [0, 0.1) is 5.92 Å². The number of hydrogen-bond donors (Lipinski definition) is 0. The van der Waals surface area contributed by atoms with Gasteiger partial charge < -0.3 is 9.64 Å². The van der Waals surface area contributed by atoms with Gasteiger partial charge in [-0.2, -0.15) is 0 Å². The van der Waals surface area contributed by atoms with E-state index in [2.05, 4.69) is 0 Å². The normalized spacial score (nSPS) is 21.0. The molecular weight excluding hydrogens is 314 g/mol. The van der Waals surface area contributed by atoms with Gasteiger partial charge in [0.25, 0.3) is 5.91 Å². The topological polar surface area (TPSA) is 46.6 Å². The van der Waals surface area contributed by atoms with E-state index in [1.807, 2.05) is 72.5 Å². The summed E-state index contributed by atoms with van der Waals surface area (Å²) in [4.78, 5) is 26.6. The highest BCUT2D eigenvalue weighted by Crippen LogP contribution is 2.43. The second kappa shape index (κ2) is 7.09. The molecule has 4 heteroatoms. The summed E-state index contributed by atoms with van der Waals surface area (Å²) in [6.07, 6.45) is -0.747. The minimum atomic E-state index is -0.747. The molecule has 1 heterocycles. The lowest BCUT2D eigenvalue weighted by atomic mass is 9.87. The van der Waals surface area contributed by atoms with Crippen LogP contribution in [-0.4, -0.2) is 22.9 Å². The zero-order chi connectivity index (χ0) is 18.0. The van der Waals surface area contributed by atoms with Crippen molar-refractivity contribution in [2.24, 2.45) is 5.92 Å². The van der Waals surface area contributed by atoms with Crippen LogP contribution in [0.25, 0.3) is 0 Å². The maximum atomic E-state index is 12.8. The lowest BCUT2D eigenvalue weighted by Gasteiger charge is -2.49. The Morgan fingerprint density at radius 3 is 2.08 bits per heavy atom. The van der Waals surface area contributed by atoms with Crippen molar-refractivity contribution in [3.05, 3.63) is 71.8 Å². The Morgan fingerprint density at radius 1 is 0.960 bits per heavy atom. The van der Waals surface area contributed by atoms with Crippen LogP contribution in [0.5, 0.6) is 0 Å². The van der Waals surface area contributed by atoms with E-state index in [1.54, 1.807) is 13.8 Å². The molecule has 0 saturated carbocycles. The number of carbonyl (C=O) groups excluding carboxylic acids is 2. The largest absolute Gasteiger partial charge is 0.449 e. The number of β-lactam (4-membered cyclic amide) rings is 1. The van der Waals surface area contributed by atoms with E-state index in [4.69, 9.17) is 4.74 Å².